The van der Waals surface area contributed by atoms with Crippen LogP contribution in [0.2, 0.25) is 0 Å². The Morgan fingerprint density at radius 1 is 0.857 bits per heavy atom. The summed E-state index contributed by atoms with van der Waals surface area (Å²) in [6.07, 6.45) is 12.7. The molecule has 21 heavy (non-hydrogen) atoms. The fourth-order valence-electron chi connectivity index (χ4n) is 7.40. The summed E-state index contributed by atoms with van der Waals surface area (Å²) in [6, 6.07) is 0.488. The highest BCUT2D eigenvalue weighted by molar-refractivity contribution is 5.09. The van der Waals surface area contributed by atoms with Crippen molar-refractivity contribution in [3.63, 3.8) is 0 Å². The first-order valence-corrected chi connectivity index (χ1v) is 9.45. The summed E-state index contributed by atoms with van der Waals surface area (Å²) in [5.41, 5.74) is 13.9. The van der Waals surface area contributed by atoms with Crippen LogP contribution in [0.15, 0.2) is 0 Å². The summed E-state index contributed by atoms with van der Waals surface area (Å²) in [7, 11) is 0. The van der Waals surface area contributed by atoms with Crippen molar-refractivity contribution in [1.29, 1.82) is 0 Å². The molecule has 0 amide bonds. The standard InChI is InChI=1S/C19H34N2/c1-18-8-3-4-14(18)13-6-5-12-10-16(20)17(21)11-19(12,2)15(13)7-9-18/h12-17H,3-11,20-21H2,1-2H3/t12-,13-,14-,15-,16+,17+,18-,19-/m0/s1. The summed E-state index contributed by atoms with van der Waals surface area (Å²) in [6.45, 7) is 5.18. The van der Waals surface area contributed by atoms with E-state index in [0.29, 0.717) is 10.8 Å². The van der Waals surface area contributed by atoms with E-state index < -0.39 is 0 Å². The van der Waals surface area contributed by atoms with Crippen molar-refractivity contribution in [3.8, 4) is 0 Å². The van der Waals surface area contributed by atoms with Gasteiger partial charge in [0.1, 0.15) is 0 Å². The minimum Gasteiger partial charge on any atom is -0.326 e. The fourth-order valence-corrected chi connectivity index (χ4v) is 7.40. The summed E-state index contributed by atoms with van der Waals surface area (Å²) in [5, 5.41) is 0. The molecule has 2 heteroatoms. The maximum atomic E-state index is 6.40. The predicted octanol–water partition coefficient (Wildman–Crippen LogP) is 3.68. The number of hydrogen-bond acceptors (Lipinski definition) is 2. The van der Waals surface area contributed by atoms with E-state index in [0.717, 1.165) is 23.7 Å². The summed E-state index contributed by atoms with van der Waals surface area (Å²) in [4.78, 5) is 0. The second kappa shape index (κ2) is 4.71. The van der Waals surface area contributed by atoms with Gasteiger partial charge in [-0.2, -0.15) is 0 Å². The van der Waals surface area contributed by atoms with Gasteiger partial charge in [-0.05, 0) is 85.9 Å². The van der Waals surface area contributed by atoms with Gasteiger partial charge in [0.25, 0.3) is 0 Å². The van der Waals surface area contributed by atoms with E-state index in [9.17, 15) is 0 Å². The van der Waals surface area contributed by atoms with Crippen molar-refractivity contribution in [2.75, 3.05) is 0 Å². The van der Waals surface area contributed by atoms with Gasteiger partial charge in [-0.1, -0.05) is 20.3 Å². The quantitative estimate of drug-likeness (QED) is 0.715. The third-order valence-corrected chi connectivity index (χ3v) is 8.63. The van der Waals surface area contributed by atoms with E-state index in [1.807, 2.05) is 0 Å². The van der Waals surface area contributed by atoms with Gasteiger partial charge in [0, 0.05) is 12.1 Å². The van der Waals surface area contributed by atoms with Gasteiger partial charge in [0.15, 0.2) is 0 Å². The van der Waals surface area contributed by atoms with Gasteiger partial charge >= 0.3 is 0 Å². The third-order valence-electron chi connectivity index (χ3n) is 8.63. The smallest absolute Gasteiger partial charge is 0.0197 e. The van der Waals surface area contributed by atoms with Crippen molar-refractivity contribution in [2.24, 2.45) is 46.0 Å². The monoisotopic (exact) mass is 290 g/mol. The zero-order chi connectivity index (χ0) is 14.8. The van der Waals surface area contributed by atoms with Crippen LogP contribution in [-0.4, -0.2) is 12.1 Å². The molecule has 0 unspecified atom stereocenters. The molecule has 0 spiro atoms. The Labute approximate surface area is 130 Å². The first-order valence-electron chi connectivity index (χ1n) is 9.45. The highest BCUT2D eigenvalue weighted by atomic mass is 14.8. The van der Waals surface area contributed by atoms with Crippen LogP contribution in [0.25, 0.3) is 0 Å². The molecule has 0 aromatic heterocycles. The SMILES string of the molecule is C[C@@]12CCC[C@H]1[C@@H]1CC[C@H]3C[C@@H](N)[C@H](N)C[C@]3(C)[C@H]1CC2. The zero-order valence-corrected chi connectivity index (χ0v) is 14.0. The second-order valence-corrected chi connectivity index (χ2v) is 9.51. The number of hydrogen-bond donors (Lipinski definition) is 2. The van der Waals surface area contributed by atoms with E-state index in [1.165, 1.54) is 57.8 Å². The molecule has 8 atom stereocenters. The second-order valence-electron chi connectivity index (χ2n) is 9.51. The Morgan fingerprint density at radius 2 is 1.67 bits per heavy atom. The number of nitrogens with two attached hydrogens (primary N) is 2. The molecule has 0 aliphatic heterocycles. The van der Waals surface area contributed by atoms with Gasteiger partial charge in [-0.15, -0.1) is 0 Å². The Hall–Kier alpha value is -0.0800. The number of rotatable bonds is 0. The van der Waals surface area contributed by atoms with Crippen molar-refractivity contribution in [1.82, 2.24) is 0 Å². The van der Waals surface area contributed by atoms with Crippen molar-refractivity contribution in [2.45, 2.75) is 83.7 Å². The van der Waals surface area contributed by atoms with E-state index in [1.54, 1.807) is 0 Å². The molecule has 0 aromatic carbocycles. The molecule has 4 rings (SSSR count). The normalized spacial score (nSPS) is 60.0. The van der Waals surface area contributed by atoms with E-state index in [2.05, 4.69) is 13.8 Å². The number of fused-ring (bicyclic) bond motifs is 5. The Bertz CT molecular complexity index is 422. The lowest BCUT2D eigenvalue weighted by Crippen LogP contribution is -2.59. The lowest BCUT2D eigenvalue weighted by Gasteiger charge is -2.61. The summed E-state index contributed by atoms with van der Waals surface area (Å²) < 4.78 is 0. The maximum absolute atomic E-state index is 6.40. The first-order chi connectivity index (χ1) is 9.94. The molecular weight excluding hydrogens is 256 g/mol. The van der Waals surface area contributed by atoms with Crippen LogP contribution in [-0.2, 0) is 0 Å². The average Bonchev–Trinajstić information content (AvgIpc) is 2.82. The van der Waals surface area contributed by atoms with E-state index >= 15 is 0 Å². The average molecular weight is 290 g/mol. The molecule has 2 nitrogen and oxygen atoms in total. The fraction of sp³-hybridized carbons (Fsp3) is 1.00. The lowest BCUT2D eigenvalue weighted by atomic mass is 9.44. The van der Waals surface area contributed by atoms with Crippen molar-refractivity contribution in [3.05, 3.63) is 0 Å². The minimum absolute atomic E-state index is 0.238. The van der Waals surface area contributed by atoms with Crippen molar-refractivity contribution < 1.29 is 0 Å². The van der Waals surface area contributed by atoms with Gasteiger partial charge in [0.2, 0.25) is 0 Å². The Morgan fingerprint density at radius 3 is 2.48 bits per heavy atom. The molecule has 0 heterocycles. The van der Waals surface area contributed by atoms with Gasteiger partial charge < -0.3 is 11.5 Å². The Kier molecular flexibility index (Phi) is 3.25. The van der Waals surface area contributed by atoms with Gasteiger partial charge in [-0.3, -0.25) is 0 Å². The molecule has 4 aliphatic rings. The van der Waals surface area contributed by atoms with Crippen LogP contribution >= 0.6 is 0 Å². The highest BCUT2D eigenvalue weighted by Gasteiger charge is 2.58. The largest absolute Gasteiger partial charge is 0.326 e. The molecule has 4 fully saturated rings. The highest BCUT2D eigenvalue weighted by Crippen LogP contribution is 2.65. The zero-order valence-electron chi connectivity index (χ0n) is 14.0. The maximum Gasteiger partial charge on any atom is 0.0197 e. The molecule has 0 aromatic rings. The molecule has 0 radical (unpaired) electrons. The van der Waals surface area contributed by atoms with Crippen LogP contribution < -0.4 is 11.5 Å². The summed E-state index contributed by atoms with van der Waals surface area (Å²) >= 11 is 0. The summed E-state index contributed by atoms with van der Waals surface area (Å²) in [5.74, 6) is 3.79. The topological polar surface area (TPSA) is 52.0 Å². The molecule has 120 valence electrons. The molecule has 4 aliphatic carbocycles. The van der Waals surface area contributed by atoms with Crippen LogP contribution in [0.1, 0.15) is 71.6 Å². The van der Waals surface area contributed by atoms with Crippen LogP contribution in [0.5, 0.6) is 0 Å². The molecule has 0 bridgehead atoms. The van der Waals surface area contributed by atoms with Gasteiger partial charge in [-0.25, -0.2) is 0 Å². The lowest BCUT2D eigenvalue weighted by molar-refractivity contribution is -0.109. The van der Waals surface area contributed by atoms with E-state index in [4.69, 9.17) is 11.5 Å². The van der Waals surface area contributed by atoms with E-state index in [-0.39, 0.29) is 12.1 Å². The Balaban J connectivity index is 1.63. The van der Waals surface area contributed by atoms with Gasteiger partial charge in [0.05, 0.1) is 0 Å². The minimum atomic E-state index is 0.238. The molecule has 0 saturated heterocycles. The molecular formula is C19H34N2. The molecule has 4 N–H and O–H groups in total. The first kappa shape index (κ1) is 14.5. The van der Waals surface area contributed by atoms with Crippen LogP contribution in [0.3, 0.4) is 0 Å². The third kappa shape index (κ3) is 1.97. The van der Waals surface area contributed by atoms with Crippen LogP contribution in [0, 0.1) is 34.5 Å². The molecule has 4 saturated carbocycles. The van der Waals surface area contributed by atoms with Crippen LogP contribution in [0.4, 0.5) is 0 Å². The predicted molar refractivity (Wildman–Crippen MR) is 87.7 cm³/mol. The van der Waals surface area contributed by atoms with Crippen molar-refractivity contribution >= 4 is 0 Å².